The molecule has 0 saturated heterocycles. The fourth-order valence-corrected chi connectivity index (χ4v) is 4.82. The van der Waals surface area contributed by atoms with Crippen molar-refractivity contribution in [3.05, 3.63) is 91.1 Å². The zero-order valence-corrected chi connectivity index (χ0v) is 19.2. The molecule has 4 aromatic rings. The second kappa shape index (κ2) is 8.64. The number of nitro benzene ring substituents is 1. The van der Waals surface area contributed by atoms with E-state index in [0.29, 0.717) is 47.1 Å². The highest BCUT2D eigenvalue weighted by Gasteiger charge is 2.27. The maximum Gasteiger partial charge on any atom is 0.281 e. The average Bonchev–Trinajstić information content (AvgIpc) is 3.51. The normalized spacial score (nSPS) is 12.7. The molecule has 0 aliphatic carbocycles. The summed E-state index contributed by atoms with van der Waals surface area (Å²) in [6, 6.07) is 13.5. The molecule has 34 heavy (non-hydrogen) atoms. The van der Waals surface area contributed by atoms with Crippen LogP contribution in [0.5, 0.6) is 11.5 Å². The van der Waals surface area contributed by atoms with Crippen molar-refractivity contribution in [1.82, 2.24) is 9.78 Å². The molecule has 9 nitrogen and oxygen atoms in total. The van der Waals surface area contributed by atoms with Crippen LogP contribution >= 0.6 is 11.3 Å². The van der Waals surface area contributed by atoms with Crippen molar-refractivity contribution in [2.75, 3.05) is 20.8 Å². The average molecular weight is 477 g/mol. The molecular weight excluding hydrogens is 456 g/mol. The summed E-state index contributed by atoms with van der Waals surface area (Å²) in [6.07, 6.45) is 0.717. The Balaban J connectivity index is 1.72. The number of nitrogens with one attached hydrogen (secondary N) is 1. The van der Waals surface area contributed by atoms with Crippen molar-refractivity contribution in [2.24, 2.45) is 4.99 Å². The molecule has 172 valence electrons. The molecule has 0 amide bonds. The van der Waals surface area contributed by atoms with Crippen LogP contribution in [0.2, 0.25) is 0 Å². The Labute approximate surface area is 198 Å². The lowest BCUT2D eigenvalue weighted by molar-refractivity contribution is -0.384. The molecule has 2 aromatic carbocycles. The Morgan fingerprint density at radius 3 is 2.50 bits per heavy atom. The second-order valence-electron chi connectivity index (χ2n) is 7.60. The molecule has 1 aliphatic rings. The molecule has 0 bridgehead atoms. The minimum atomic E-state index is -0.473. The van der Waals surface area contributed by atoms with E-state index in [1.807, 2.05) is 29.6 Å². The fourth-order valence-electron chi connectivity index (χ4n) is 4.10. The predicted molar refractivity (Wildman–Crippen MR) is 130 cm³/mol. The number of aromatic amines is 1. The van der Waals surface area contributed by atoms with Crippen LogP contribution in [-0.2, 0) is 6.42 Å². The zero-order valence-electron chi connectivity index (χ0n) is 18.4. The van der Waals surface area contributed by atoms with Gasteiger partial charge in [0.05, 0.1) is 46.7 Å². The number of nitro groups is 1. The first-order valence-corrected chi connectivity index (χ1v) is 11.3. The molecule has 10 heteroatoms. The number of rotatable bonds is 6. The number of nitrogens with zero attached hydrogens (tertiary/aromatic N) is 3. The fraction of sp³-hybridized carbons (Fsp3) is 0.167. The number of non-ortho nitro benzene ring substituents is 1. The molecular formula is C24H20N4O5S. The van der Waals surface area contributed by atoms with Gasteiger partial charge in [0.15, 0.2) is 11.5 Å². The van der Waals surface area contributed by atoms with E-state index in [0.717, 1.165) is 16.0 Å². The Hall–Kier alpha value is -4.18. The van der Waals surface area contributed by atoms with Gasteiger partial charge in [-0.25, -0.2) is 4.68 Å². The third-order valence-corrected chi connectivity index (χ3v) is 6.62. The SMILES string of the molecule is COc1cc2c(cc1OC)C(c1c(-c3cccs3)[nH]n(-c3ccc([N+](=O)[O-])cc3)c1=O)=NCC2. The smallest absolute Gasteiger partial charge is 0.281 e. The van der Waals surface area contributed by atoms with Crippen LogP contribution < -0.4 is 15.0 Å². The molecule has 0 fully saturated rings. The Kier molecular flexibility index (Phi) is 5.50. The molecule has 0 atom stereocenters. The highest BCUT2D eigenvalue weighted by atomic mass is 32.1. The largest absolute Gasteiger partial charge is 0.493 e. The van der Waals surface area contributed by atoms with Crippen molar-refractivity contribution in [3.8, 4) is 27.8 Å². The number of aromatic nitrogens is 2. The van der Waals surface area contributed by atoms with E-state index in [4.69, 9.17) is 14.5 Å². The van der Waals surface area contributed by atoms with E-state index in [-0.39, 0.29) is 11.2 Å². The number of methoxy groups -OCH3 is 2. The van der Waals surface area contributed by atoms with Gasteiger partial charge in [0.25, 0.3) is 11.2 Å². The van der Waals surface area contributed by atoms with E-state index in [9.17, 15) is 14.9 Å². The monoisotopic (exact) mass is 476 g/mol. The lowest BCUT2D eigenvalue weighted by Gasteiger charge is -2.19. The van der Waals surface area contributed by atoms with Gasteiger partial charge in [0.2, 0.25) is 0 Å². The van der Waals surface area contributed by atoms with Crippen LogP contribution in [0.4, 0.5) is 5.69 Å². The van der Waals surface area contributed by atoms with Gasteiger partial charge in [-0.05, 0) is 47.7 Å². The molecule has 1 aliphatic heterocycles. The van der Waals surface area contributed by atoms with Crippen LogP contribution in [-0.4, -0.2) is 41.2 Å². The van der Waals surface area contributed by atoms with Crippen molar-refractivity contribution in [2.45, 2.75) is 6.42 Å². The summed E-state index contributed by atoms with van der Waals surface area (Å²) in [7, 11) is 3.16. The molecule has 0 unspecified atom stereocenters. The number of H-pyrrole nitrogens is 1. The maximum atomic E-state index is 13.8. The molecule has 2 aromatic heterocycles. The van der Waals surface area contributed by atoms with E-state index >= 15 is 0 Å². The number of hydrogen-bond acceptors (Lipinski definition) is 7. The van der Waals surface area contributed by atoms with Crippen molar-refractivity contribution >= 4 is 22.7 Å². The number of aliphatic imine (C=N–C) groups is 1. The first-order chi connectivity index (χ1) is 16.5. The van der Waals surface area contributed by atoms with Crippen LogP contribution in [0, 0.1) is 10.1 Å². The summed E-state index contributed by atoms with van der Waals surface area (Å²) in [5.74, 6) is 1.18. The minimum Gasteiger partial charge on any atom is -0.493 e. The summed E-state index contributed by atoms with van der Waals surface area (Å²) < 4.78 is 12.3. The zero-order chi connectivity index (χ0) is 23.8. The number of fused-ring (bicyclic) bond motifs is 1. The van der Waals surface area contributed by atoms with Gasteiger partial charge in [-0.1, -0.05) is 6.07 Å². The Bertz CT molecular complexity index is 1470. The first-order valence-electron chi connectivity index (χ1n) is 10.5. The summed E-state index contributed by atoms with van der Waals surface area (Å²) in [5.41, 5.74) is 3.63. The number of ether oxygens (including phenoxy) is 2. The standard InChI is InChI=1S/C24H20N4O5S/c1-32-18-12-14-9-10-25-22(17(14)13-19(18)33-2)21-23(20-4-3-11-34-20)26-27(24(21)29)15-5-7-16(8-6-15)28(30)31/h3-8,11-13,26H,9-10H2,1-2H3. The lowest BCUT2D eigenvalue weighted by atomic mass is 9.92. The molecule has 3 heterocycles. The van der Waals surface area contributed by atoms with Gasteiger partial charge in [-0.15, -0.1) is 11.3 Å². The Morgan fingerprint density at radius 1 is 1.12 bits per heavy atom. The van der Waals surface area contributed by atoms with Crippen LogP contribution in [0.15, 0.2) is 63.7 Å². The summed E-state index contributed by atoms with van der Waals surface area (Å²) >= 11 is 1.50. The van der Waals surface area contributed by atoms with E-state index in [2.05, 4.69) is 5.10 Å². The molecule has 5 rings (SSSR count). The third-order valence-electron chi connectivity index (χ3n) is 5.73. The third kappa shape index (κ3) is 3.57. The van der Waals surface area contributed by atoms with Crippen LogP contribution in [0.3, 0.4) is 0 Å². The summed E-state index contributed by atoms with van der Waals surface area (Å²) in [5, 5.41) is 16.2. The van der Waals surface area contributed by atoms with Gasteiger partial charge in [-0.3, -0.25) is 25.0 Å². The highest BCUT2D eigenvalue weighted by molar-refractivity contribution is 7.13. The lowest BCUT2D eigenvalue weighted by Crippen LogP contribution is -2.24. The quantitative estimate of drug-likeness (QED) is 0.331. The molecule has 0 spiro atoms. The number of thiophene rings is 1. The number of benzene rings is 2. The van der Waals surface area contributed by atoms with Crippen molar-refractivity contribution in [1.29, 1.82) is 0 Å². The van der Waals surface area contributed by atoms with E-state index in [1.54, 1.807) is 26.4 Å². The number of hydrogen-bond donors (Lipinski definition) is 1. The second-order valence-corrected chi connectivity index (χ2v) is 8.55. The minimum absolute atomic E-state index is 0.0475. The topological polar surface area (TPSA) is 112 Å². The van der Waals surface area contributed by atoms with Crippen LogP contribution in [0.25, 0.3) is 16.3 Å². The van der Waals surface area contributed by atoms with Gasteiger partial charge in [0, 0.05) is 24.2 Å². The van der Waals surface area contributed by atoms with E-state index < -0.39 is 4.92 Å². The van der Waals surface area contributed by atoms with E-state index in [1.165, 1.54) is 28.2 Å². The maximum absolute atomic E-state index is 13.8. The Morgan fingerprint density at radius 2 is 1.85 bits per heavy atom. The summed E-state index contributed by atoms with van der Waals surface area (Å²) in [4.78, 5) is 30.0. The van der Waals surface area contributed by atoms with Crippen molar-refractivity contribution < 1.29 is 14.4 Å². The van der Waals surface area contributed by atoms with Gasteiger partial charge < -0.3 is 9.47 Å². The van der Waals surface area contributed by atoms with Gasteiger partial charge in [0.1, 0.15) is 0 Å². The van der Waals surface area contributed by atoms with Gasteiger partial charge >= 0.3 is 0 Å². The summed E-state index contributed by atoms with van der Waals surface area (Å²) in [6.45, 7) is 0.532. The van der Waals surface area contributed by atoms with Gasteiger partial charge in [-0.2, -0.15) is 0 Å². The molecule has 1 N–H and O–H groups in total. The van der Waals surface area contributed by atoms with Crippen molar-refractivity contribution in [3.63, 3.8) is 0 Å². The predicted octanol–water partition coefficient (Wildman–Crippen LogP) is 4.21. The highest BCUT2D eigenvalue weighted by Crippen LogP contribution is 2.35. The first kappa shape index (κ1) is 21.7. The van der Waals surface area contributed by atoms with Crippen LogP contribution in [0.1, 0.15) is 16.7 Å². The molecule has 0 saturated carbocycles. The molecule has 0 radical (unpaired) electrons.